The molecule has 0 unspecified atom stereocenters. The normalized spacial score (nSPS) is 21.9. The van der Waals surface area contributed by atoms with Crippen molar-refractivity contribution in [2.24, 2.45) is 11.8 Å². The van der Waals surface area contributed by atoms with E-state index in [9.17, 15) is 14.0 Å². The molecule has 0 aromatic heterocycles. The minimum atomic E-state index is -0.315. The van der Waals surface area contributed by atoms with E-state index >= 15 is 0 Å². The van der Waals surface area contributed by atoms with E-state index < -0.39 is 0 Å². The van der Waals surface area contributed by atoms with Gasteiger partial charge in [-0.2, -0.15) is 0 Å². The minimum Gasteiger partial charge on any atom is -0.396 e. The van der Waals surface area contributed by atoms with Crippen LogP contribution >= 0.6 is 0 Å². The number of rotatable bonds is 5. The second kappa shape index (κ2) is 8.62. The number of likely N-dealkylation sites (tertiary alicyclic amines) is 2. The maximum Gasteiger partial charge on any atom is 0.227 e. The first-order valence-corrected chi connectivity index (χ1v) is 9.48. The third-order valence-electron chi connectivity index (χ3n) is 5.58. The highest BCUT2D eigenvalue weighted by molar-refractivity contribution is 5.84. The van der Waals surface area contributed by atoms with Gasteiger partial charge in [0, 0.05) is 39.2 Å². The fourth-order valence-corrected chi connectivity index (χ4v) is 4.01. The van der Waals surface area contributed by atoms with Crippen LogP contribution in [-0.4, -0.2) is 53.0 Å². The van der Waals surface area contributed by atoms with E-state index in [0.29, 0.717) is 31.8 Å². The summed E-state index contributed by atoms with van der Waals surface area (Å²) >= 11 is 0. The van der Waals surface area contributed by atoms with Crippen LogP contribution < -0.4 is 0 Å². The molecule has 142 valence electrons. The molecule has 0 aliphatic carbocycles. The largest absolute Gasteiger partial charge is 0.396 e. The predicted molar refractivity (Wildman–Crippen MR) is 95.5 cm³/mol. The molecule has 2 amide bonds. The number of hydrogen-bond donors (Lipinski definition) is 1. The fraction of sp³-hybridized carbons (Fsp3) is 0.600. The lowest BCUT2D eigenvalue weighted by Gasteiger charge is -2.37. The Hall–Kier alpha value is -1.95. The van der Waals surface area contributed by atoms with Crippen LogP contribution in [0.4, 0.5) is 4.39 Å². The van der Waals surface area contributed by atoms with Crippen molar-refractivity contribution in [1.29, 1.82) is 0 Å². The summed E-state index contributed by atoms with van der Waals surface area (Å²) in [5.74, 6) is 0.173. The quantitative estimate of drug-likeness (QED) is 0.873. The lowest BCUT2D eigenvalue weighted by molar-refractivity contribution is -0.144. The Morgan fingerprint density at radius 2 is 2.00 bits per heavy atom. The zero-order valence-electron chi connectivity index (χ0n) is 15.1. The molecular formula is C20H27FN2O3. The molecule has 0 radical (unpaired) electrons. The van der Waals surface area contributed by atoms with E-state index in [1.807, 2.05) is 4.90 Å². The maximum absolute atomic E-state index is 13.4. The highest BCUT2D eigenvalue weighted by Crippen LogP contribution is 2.25. The lowest BCUT2D eigenvalue weighted by Crippen LogP contribution is -2.48. The van der Waals surface area contributed by atoms with Crippen LogP contribution in [0.25, 0.3) is 0 Å². The average Bonchev–Trinajstić information content (AvgIpc) is 2.64. The molecule has 2 fully saturated rings. The first-order valence-electron chi connectivity index (χ1n) is 9.48. The first kappa shape index (κ1) is 18.8. The van der Waals surface area contributed by atoms with Crippen molar-refractivity contribution in [3.05, 3.63) is 35.6 Å². The second-order valence-electron chi connectivity index (χ2n) is 7.42. The van der Waals surface area contributed by atoms with E-state index in [-0.39, 0.29) is 30.2 Å². The number of aliphatic hydroxyl groups is 1. The number of nitrogens with zero attached hydrogens (tertiary/aromatic N) is 2. The lowest BCUT2D eigenvalue weighted by atomic mass is 9.91. The van der Waals surface area contributed by atoms with Gasteiger partial charge in [-0.1, -0.05) is 12.1 Å². The number of amides is 2. The number of carbonyl (C=O) groups excluding carboxylic acids is 2. The summed E-state index contributed by atoms with van der Waals surface area (Å²) < 4.78 is 13.4. The maximum atomic E-state index is 13.4. The number of carbonyl (C=O) groups is 2. The Bertz CT molecular complexity index is 644. The number of piperidine rings is 2. The van der Waals surface area contributed by atoms with E-state index in [0.717, 1.165) is 37.9 Å². The SMILES string of the molecule is O=C1CC[C@H](C(=O)N2CCC(CCO)CC2)CN1Cc1cccc(F)c1. The second-order valence-corrected chi connectivity index (χ2v) is 7.42. The van der Waals surface area contributed by atoms with Gasteiger partial charge in [0.05, 0.1) is 5.92 Å². The van der Waals surface area contributed by atoms with Crippen molar-refractivity contribution < 1.29 is 19.1 Å². The van der Waals surface area contributed by atoms with Gasteiger partial charge in [0.1, 0.15) is 5.82 Å². The van der Waals surface area contributed by atoms with Crippen LogP contribution in [0.5, 0.6) is 0 Å². The molecule has 0 bridgehead atoms. The zero-order valence-corrected chi connectivity index (χ0v) is 15.1. The Balaban J connectivity index is 1.57. The van der Waals surface area contributed by atoms with Gasteiger partial charge in [-0.15, -0.1) is 0 Å². The Morgan fingerprint density at radius 1 is 1.23 bits per heavy atom. The smallest absolute Gasteiger partial charge is 0.227 e. The molecule has 0 spiro atoms. The average molecular weight is 362 g/mol. The molecule has 26 heavy (non-hydrogen) atoms. The molecule has 1 aromatic carbocycles. The zero-order chi connectivity index (χ0) is 18.5. The Morgan fingerprint density at radius 3 is 2.69 bits per heavy atom. The summed E-state index contributed by atoms with van der Waals surface area (Å²) in [4.78, 5) is 28.7. The highest BCUT2D eigenvalue weighted by atomic mass is 19.1. The summed E-state index contributed by atoms with van der Waals surface area (Å²) in [5, 5.41) is 9.05. The van der Waals surface area contributed by atoms with Gasteiger partial charge in [0.2, 0.25) is 11.8 Å². The molecule has 1 N–H and O–H groups in total. The summed E-state index contributed by atoms with van der Waals surface area (Å²) in [6, 6.07) is 6.25. The molecule has 3 rings (SSSR count). The molecular weight excluding hydrogens is 335 g/mol. The van der Waals surface area contributed by atoms with Crippen LogP contribution in [0.3, 0.4) is 0 Å². The van der Waals surface area contributed by atoms with Crippen molar-refractivity contribution in [3.8, 4) is 0 Å². The predicted octanol–water partition coefficient (Wildman–Crippen LogP) is 2.19. The monoisotopic (exact) mass is 362 g/mol. The van der Waals surface area contributed by atoms with Crippen LogP contribution in [0, 0.1) is 17.7 Å². The number of benzene rings is 1. The van der Waals surface area contributed by atoms with Crippen LogP contribution in [0.1, 0.15) is 37.7 Å². The minimum absolute atomic E-state index is 0.0277. The van der Waals surface area contributed by atoms with Gasteiger partial charge in [-0.05, 0) is 49.3 Å². The number of aliphatic hydroxyl groups excluding tert-OH is 1. The highest BCUT2D eigenvalue weighted by Gasteiger charge is 2.34. The number of halogens is 1. The van der Waals surface area contributed by atoms with E-state index in [2.05, 4.69) is 0 Å². The van der Waals surface area contributed by atoms with E-state index in [1.165, 1.54) is 12.1 Å². The van der Waals surface area contributed by atoms with Crippen LogP contribution in [0.2, 0.25) is 0 Å². The molecule has 2 aliphatic heterocycles. The molecule has 2 aliphatic rings. The van der Waals surface area contributed by atoms with Gasteiger partial charge in [-0.3, -0.25) is 9.59 Å². The van der Waals surface area contributed by atoms with Crippen molar-refractivity contribution in [2.75, 3.05) is 26.2 Å². The topological polar surface area (TPSA) is 60.9 Å². The van der Waals surface area contributed by atoms with Gasteiger partial charge in [0.25, 0.3) is 0 Å². The Labute approximate surface area is 153 Å². The summed E-state index contributed by atoms with van der Waals surface area (Å²) in [6.45, 7) is 2.43. The molecule has 6 heteroatoms. The van der Waals surface area contributed by atoms with Crippen molar-refractivity contribution >= 4 is 11.8 Å². The third kappa shape index (κ3) is 4.61. The third-order valence-corrected chi connectivity index (χ3v) is 5.58. The first-order chi connectivity index (χ1) is 12.6. The fourth-order valence-electron chi connectivity index (χ4n) is 4.01. The van der Waals surface area contributed by atoms with Crippen LogP contribution in [-0.2, 0) is 16.1 Å². The molecule has 2 saturated heterocycles. The standard InChI is InChI=1S/C20H27FN2O3/c21-18-3-1-2-16(12-18)13-23-14-17(4-5-19(23)25)20(26)22-9-6-15(7-10-22)8-11-24/h1-3,12,15,17,24H,4-11,13-14H2/t17-/m0/s1. The van der Waals surface area contributed by atoms with Gasteiger partial charge >= 0.3 is 0 Å². The summed E-state index contributed by atoms with van der Waals surface area (Å²) in [5.41, 5.74) is 0.747. The molecule has 0 saturated carbocycles. The van der Waals surface area contributed by atoms with E-state index in [4.69, 9.17) is 5.11 Å². The molecule has 1 atom stereocenters. The number of hydrogen-bond acceptors (Lipinski definition) is 3. The van der Waals surface area contributed by atoms with Crippen LogP contribution in [0.15, 0.2) is 24.3 Å². The Kier molecular flexibility index (Phi) is 6.25. The van der Waals surface area contributed by atoms with Crippen molar-refractivity contribution in [3.63, 3.8) is 0 Å². The van der Waals surface area contributed by atoms with Crippen molar-refractivity contribution in [1.82, 2.24) is 9.80 Å². The van der Waals surface area contributed by atoms with Gasteiger partial charge in [0.15, 0.2) is 0 Å². The van der Waals surface area contributed by atoms with Gasteiger partial charge < -0.3 is 14.9 Å². The summed E-state index contributed by atoms with van der Waals surface area (Å²) in [7, 11) is 0. The van der Waals surface area contributed by atoms with Gasteiger partial charge in [-0.25, -0.2) is 4.39 Å². The summed E-state index contributed by atoms with van der Waals surface area (Å²) in [6.07, 6.45) is 3.64. The molecule has 2 heterocycles. The van der Waals surface area contributed by atoms with Crippen molar-refractivity contribution in [2.45, 2.75) is 38.6 Å². The molecule has 5 nitrogen and oxygen atoms in total. The molecule has 1 aromatic rings. The van der Waals surface area contributed by atoms with E-state index in [1.54, 1.807) is 17.0 Å².